The van der Waals surface area contributed by atoms with E-state index in [2.05, 4.69) is 10.2 Å². The number of aromatic nitrogens is 4. The first-order valence-electron chi connectivity index (χ1n) is 6.45. The molecule has 0 spiro atoms. The predicted molar refractivity (Wildman–Crippen MR) is 72.9 cm³/mol. The summed E-state index contributed by atoms with van der Waals surface area (Å²) in [6, 6.07) is 0. The predicted octanol–water partition coefficient (Wildman–Crippen LogP) is 1.51. The maximum Gasteiger partial charge on any atom is 0.137 e. The van der Waals surface area contributed by atoms with Crippen LogP contribution in [0.5, 0.6) is 0 Å². The highest BCUT2D eigenvalue weighted by atomic mass is 16.1. The SMILES string of the molecule is Cc1nn(C)c(C)c1CCC(=O)Cc1cnn(C)c1. The molecule has 0 bridgehead atoms. The Morgan fingerprint density at radius 1 is 1.32 bits per heavy atom. The van der Waals surface area contributed by atoms with E-state index in [-0.39, 0.29) is 5.78 Å². The van der Waals surface area contributed by atoms with Crippen LogP contribution in [0.15, 0.2) is 12.4 Å². The van der Waals surface area contributed by atoms with E-state index in [1.54, 1.807) is 10.9 Å². The minimum atomic E-state index is 0.246. The summed E-state index contributed by atoms with van der Waals surface area (Å²) < 4.78 is 3.59. The molecule has 0 radical (unpaired) electrons. The van der Waals surface area contributed by atoms with E-state index >= 15 is 0 Å². The molecule has 0 atom stereocenters. The molecule has 2 rings (SSSR count). The molecule has 0 aromatic carbocycles. The maximum absolute atomic E-state index is 12.0. The van der Waals surface area contributed by atoms with Gasteiger partial charge in [0.15, 0.2) is 0 Å². The van der Waals surface area contributed by atoms with E-state index in [1.807, 2.05) is 38.8 Å². The Morgan fingerprint density at radius 3 is 2.58 bits per heavy atom. The Balaban J connectivity index is 1.93. The van der Waals surface area contributed by atoms with Crippen LogP contribution in [0, 0.1) is 13.8 Å². The third-order valence-corrected chi connectivity index (χ3v) is 3.47. The van der Waals surface area contributed by atoms with E-state index in [0.29, 0.717) is 12.8 Å². The fourth-order valence-corrected chi connectivity index (χ4v) is 2.32. The zero-order chi connectivity index (χ0) is 14.0. The van der Waals surface area contributed by atoms with Gasteiger partial charge in [-0.1, -0.05) is 0 Å². The van der Waals surface area contributed by atoms with Crippen molar-refractivity contribution in [3.05, 3.63) is 34.9 Å². The molecule has 5 nitrogen and oxygen atoms in total. The molecule has 0 saturated carbocycles. The molecular formula is C14H20N4O. The molecule has 5 heteroatoms. The lowest BCUT2D eigenvalue weighted by Gasteiger charge is -2.01. The zero-order valence-electron chi connectivity index (χ0n) is 12.0. The molecule has 0 unspecified atom stereocenters. The van der Waals surface area contributed by atoms with E-state index in [0.717, 1.165) is 23.4 Å². The number of nitrogens with zero attached hydrogens (tertiary/aromatic N) is 4. The van der Waals surface area contributed by atoms with Crippen molar-refractivity contribution in [2.24, 2.45) is 14.1 Å². The molecule has 0 amide bonds. The fraction of sp³-hybridized carbons (Fsp3) is 0.500. The molecule has 2 heterocycles. The van der Waals surface area contributed by atoms with Crippen molar-refractivity contribution in [2.45, 2.75) is 33.1 Å². The van der Waals surface area contributed by atoms with Gasteiger partial charge in [0, 0.05) is 38.8 Å². The summed E-state index contributed by atoms with van der Waals surface area (Å²) in [4.78, 5) is 12.0. The van der Waals surface area contributed by atoms with Gasteiger partial charge in [-0.15, -0.1) is 0 Å². The number of aryl methyl sites for hydroxylation is 3. The molecule has 2 aromatic heterocycles. The van der Waals surface area contributed by atoms with Gasteiger partial charge in [0.2, 0.25) is 0 Å². The van der Waals surface area contributed by atoms with Crippen LogP contribution < -0.4 is 0 Å². The van der Waals surface area contributed by atoms with Gasteiger partial charge in [-0.2, -0.15) is 10.2 Å². The third kappa shape index (κ3) is 3.10. The second kappa shape index (κ2) is 5.38. The quantitative estimate of drug-likeness (QED) is 0.819. The first kappa shape index (κ1) is 13.5. The number of hydrogen-bond donors (Lipinski definition) is 0. The minimum absolute atomic E-state index is 0.246. The fourth-order valence-electron chi connectivity index (χ4n) is 2.32. The molecule has 2 aromatic rings. The van der Waals surface area contributed by atoms with E-state index in [1.165, 1.54) is 5.56 Å². The number of Topliss-reactive ketones (excluding diaryl/α,β-unsaturated/α-hetero) is 1. The topological polar surface area (TPSA) is 52.7 Å². The van der Waals surface area contributed by atoms with Crippen LogP contribution in [-0.4, -0.2) is 25.3 Å². The molecule has 0 aliphatic carbocycles. The summed E-state index contributed by atoms with van der Waals surface area (Å²) in [5, 5.41) is 8.44. The summed E-state index contributed by atoms with van der Waals surface area (Å²) in [6.45, 7) is 4.04. The van der Waals surface area contributed by atoms with Gasteiger partial charge < -0.3 is 0 Å². The van der Waals surface area contributed by atoms with Crippen molar-refractivity contribution in [1.29, 1.82) is 0 Å². The van der Waals surface area contributed by atoms with Gasteiger partial charge >= 0.3 is 0 Å². The number of ketones is 1. The smallest absolute Gasteiger partial charge is 0.137 e. The molecule has 0 aliphatic rings. The lowest BCUT2D eigenvalue weighted by molar-refractivity contribution is -0.118. The van der Waals surface area contributed by atoms with Crippen molar-refractivity contribution in [3.63, 3.8) is 0 Å². The maximum atomic E-state index is 12.0. The van der Waals surface area contributed by atoms with E-state index in [4.69, 9.17) is 0 Å². The van der Waals surface area contributed by atoms with Crippen LogP contribution in [-0.2, 0) is 31.7 Å². The van der Waals surface area contributed by atoms with E-state index < -0.39 is 0 Å². The average molecular weight is 260 g/mol. The third-order valence-electron chi connectivity index (χ3n) is 3.47. The highest BCUT2D eigenvalue weighted by Crippen LogP contribution is 2.14. The van der Waals surface area contributed by atoms with Crippen molar-refractivity contribution in [1.82, 2.24) is 19.6 Å². The number of carbonyl (C=O) groups is 1. The Morgan fingerprint density at radius 2 is 2.05 bits per heavy atom. The summed E-state index contributed by atoms with van der Waals surface area (Å²) in [5.41, 5.74) is 4.34. The molecule has 0 aliphatic heterocycles. The van der Waals surface area contributed by atoms with Gasteiger partial charge in [-0.25, -0.2) is 0 Å². The summed E-state index contributed by atoms with van der Waals surface area (Å²) in [5.74, 6) is 0.246. The minimum Gasteiger partial charge on any atom is -0.299 e. The van der Waals surface area contributed by atoms with Crippen LogP contribution in [0.25, 0.3) is 0 Å². The van der Waals surface area contributed by atoms with Crippen molar-refractivity contribution >= 4 is 5.78 Å². The first-order chi connectivity index (χ1) is 8.97. The van der Waals surface area contributed by atoms with Crippen LogP contribution in [0.2, 0.25) is 0 Å². The second-order valence-corrected chi connectivity index (χ2v) is 5.01. The number of hydrogen-bond acceptors (Lipinski definition) is 3. The Kier molecular flexibility index (Phi) is 3.83. The number of carbonyl (C=O) groups excluding carboxylic acids is 1. The van der Waals surface area contributed by atoms with Crippen molar-refractivity contribution in [3.8, 4) is 0 Å². The molecule has 0 N–H and O–H groups in total. The Labute approximate surface area is 113 Å². The lowest BCUT2D eigenvalue weighted by Crippen LogP contribution is -2.05. The first-order valence-corrected chi connectivity index (χ1v) is 6.45. The van der Waals surface area contributed by atoms with Gasteiger partial charge in [-0.3, -0.25) is 14.2 Å². The Bertz CT molecular complexity index is 595. The molecule has 0 saturated heterocycles. The van der Waals surface area contributed by atoms with Gasteiger partial charge in [-0.05, 0) is 31.4 Å². The monoisotopic (exact) mass is 260 g/mol. The molecule has 102 valence electrons. The highest BCUT2D eigenvalue weighted by molar-refractivity contribution is 5.81. The largest absolute Gasteiger partial charge is 0.299 e. The highest BCUT2D eigenvalue weighted by Gasteiger charge is 2.12. The zero-order valence-corrected chi connectivity index (χ0v) is 12.0. The Hall–Kier alpha value is -1.91. The molecular weight excluding hydrogens is 240 g/mol. The standard InChI is InChI=1S/C14H20N4O/c1-10-14(11(2)18(4)16-10)6-5-13(19)7-12-8-15-17(3)9-12/h8-9H,5-7H2,1-4H3. The molecule has 19 heavy (non-hydrogen) atoms. The van der Waals surface area contributed by atoms with Crippen LogP contribution in [0.4, 0.5) is 0 Å². The lowest BCUT2D eigenvalue weighted by atomic mass is 10.0. The normalized spacial score (nSPS) is 10.9. The molecule has 0 fully saturated rings. The van der Waals surface area contributed by atoms with Gasteiger partial charge in [0.05, 0.1) is 11.9 Å². The van der Waals surface area contributed by atoms with Gasteiger partial charge in [0.25, 0.3) is 0 Å². The average Bonchev–Trinajstić information content (AvgIpc) is 2.83. The van der Waals surface area contributed by atoms with Crippen LogP contribution in [0.1, 0.15) is 28.9 Å². The van der Waals surface area contributed by atoms with Gasteiger partial charge in [0.1, 0.15) is 5.78 Å². The van der Waals surface area contributed by atoms with Crippen molar-refractivity contribution < 1.29 is 4.79 Å². The second-order valence-electron chi connectivity index (χ2n) is 5.01. The number of rotatable bonds is 5. The summed E-state index contributed by atoms with van der Waals surface area (Å²) >= 11 is 0. The summed E-state index contributed by atoms with van der Waals surface area (Å²) in [7, 11) is 3.79. The van der Waals surface area contributed by atoms with E-state index in [9.17, 15) is 4.79 Å². The van der Waals surface area contributed by atoms with Crippen molar-refractivity contribution in [2.75, 3.05) is 0 Å². The summed E-state index contributed by atoms with van der Waals surface area (Å²) in [6.07, 6.45) is 5.43. The van der Waals surface area contributed by atoms with Crippen LogP contribution >= 0.6 is 0 Å². The van der Waals surface area contributed by atoms with Crippen LogP contribution in [0.3, 0.4) is 0 Å².